The molecule has 0 bridgehead atoms. The quantitative estimate of drug-likeness (QED) is 0.579. The van der Waals surface area contributed by atoms with Crippen molar-refractivity contribution >= 4 is 28.3 Å². The van der Waals surface area contributed by atoms with E-state index in [1.54, 1.807) is 20.0 Å². The van der Waals surface area contributed by atoms with Crippen molar-refractivity contribution < 1.29 is 26.9 Å². The average Bonchev–Trinajstić information content (AvgIpc) is 2.60. The van der Waals surface area contributed by atoms with Gasteiger partial charge in [-0.2, -0.15) is 23.4 Å². The van der Waals surface area contributed by atoms with Gasteiger partial charge in [0.05, 0.1) is 12.2 Å². The van der Waals surface area contributed by atoms with E-state index in [0.717, 1.165) is 0 Å². The highest BCUT2D eigenvalue weighted by Crippen LogP contribution is 2.24. The smallest absolute Gasteiger partial charge is 0.413 e. The highest BCUT2D eigenvalue weighted by atomic mass is 32.2. The Balaban J connectivity index is 2.45. The number of nitrogens with two attached hydrogens (primary N) is 1. The fraction of sp³-hybridized carbons (Fsp3) is 0.214. The fourth-order valence-corrected chi connectivity index (χ4v) is 2.50. The van der Waals surface area contributed by atoms with Crippen LogP contribution in [0.1, 0.15) is 17.3 Å². The van der Waals surface area contributed by atoms with E-state index in [-0.39, 0.29) is 28.9 Å². The second-order valence-corrected chi connectivity index (χ2v) is 6.06. The van der Waals surface area contributed by atoms with Crippen LogP contribution in [0, 0.1) is 0 Å². The number of hydrogen-bond donors (Lipinski definition) is 3. The molecule has 13 heteroatoms. The zero-order valence-electron chi connectivity index (χ0n) is 14.3. The molecule has 27 heavy (non-hydrogen) atoms. The Morgan fingerprint density at radius 3 is 2.52 bits per heavy atom. The predicted molar refractivity (Wildman–Crippen MR) is 93.0 cm³/mol. The second-order valence-electron chi connectivity index (χ2n) is 4.79. The molecule has 0 atom stereocenters. The van der Waals surface area contributed by atoms with E-state index in [0.29, 0.717) is 6.61 Å². The molecule has 1 aromatic heterocycles. The van der Waals surface area contributed by atoms with Crippen molar-refractivity contribution in [2.75, 3.05) is 19.0 Å². The summed E-state index contributed by atoms with van der Waals surface area (Å²) >= 11 is 0. The SMILES string of the molecule is CCOc1nc(NC)nc(-c2ccccc2C(=O)OS(=O)(=O)NC(N)=O)n1. The van der Waals surface area contributed by atoms with Gasteiger partial charge in [-0.05, 0) is 13.0 Å². The van der Waals surface area contributed by atoms with Gasteiger partial charge >= 0.3 is 28.3 Å². The summed E-state index contributed by atoms with van der Waals surface area (Å²) in [6.45, 7) is 2.04. The van der Waals surface area contributed by atoms with E-state index in [1.165, 1.54) is 22.9 Å². The minimum Gasteiger partial charge on any atom is -0.464 e. The van der Waals surface area contributed by atoms with Crippen LogP contribution < -0.4 is 20.5 Å². The number of rotatable bonds is 7. The van der Waals surface area contributed by atoms with E-state index >= 15 is 0 Å². The van der Waals surface area contributed by atoms with Gasteiger partial charge in [-0.3, -0.25) is 0 Å². The number of nitrogens with one attached hydrogen (secondary N) is 2. The molecule has 0 aliphatic carbocycles. The summed E-state index contributed by atoms with van der Waals surface area (Å²) in [5.41, 5.74) is 4.72. The first-order chi connectivity index (χ1) is 12.8. The Morgan fingerprint density at radius 1 is 1.19 bits per heavy atom. The monoisotopic (exact) mass is 396 g/mol. The highest BCUT2D eigenvalue weighted by Gasteiger charge is 2.24. The summed E-state index contributed by atoms with van der Waals surface area (Å²) < 4.78 is 34.1. The minimum absolute atomic E-state index is 0.0121. The van der Waals surface area contributed by atoms with Gasteiger partial charge in [0.25, 0.3) is 0 Å². The van der Waals surface area contributed by atoms with Gasteiger partial charge in [-0.1, -0.05) is 18.2 Å². The maximum Gasteiger partial charge on any atom is 0.413 e. The molecular formula is C14H16N6O6S. The summed E-state index contributed by atoms with van der Waals surface area (Å²) in [4.78, 5) is 35.2. The number of anilines is 1. The Morgan fingerprint density at radius 2 is 1.89 bits per heavy atom. The lowest BCUT2D eigenvalue weighted by Gasteiger charge is -2.10. The van der Waals surface area contributed by atoms with Crippen molar-refractivity contribution in [3.05, 3.63) is 29.8 Å². The first kappa shape index (κ1) is 19.8. The molecule has 4 N–H and O–H groups in total. The summed E-state index contributed by atoms with van der Waals surface area (Å²) in [5.74, 6) is -1.04. The number of benzene rings is 1. The van der Waals surface area contributed by atoms with Crippen LogP contribution >= 0.6 is 0 Å². The van der Waals surface area contributed by atoms with Crippen molar-refractivity contribution in [1.82, 2.24) is 19.7 Å². The fourth-order valence-electron chi connectivity index (χ4n) is 1.93. The lowest BCUT2D eigenvalue weighted by atomic mass is 10.1. The summed E-state index contributed by atoms with van der Waals surface area (Å²) in [5, 5.41) is 2.73. The third kappa shape index (κ3) is 5.24. The number of aromatic nitrogens is 3. The highest BCUT2D eigenvalue weighted by molar-refractivity contribution is 7.85. The molecule has 0 spiro atoms. The molecule has 2 amide bonds. The van der Waals surface area contributed by atoms with Crippen LogP contribution in [0.15, 0.2) is 24.3 Å². The molecule has 2 rings (SSSR count). The van der Waals surface area contributed by atoms with Crippen molar-refractivity contribution in [2.45, 2.75) is 6.92 Å². The Hall–Kier alpha value is -3.48. The van der Waals surface area contributed by atoms with Crippen LogP contribution in [-0.2, 0) is 14.5 Å². The third-order valence-corrected chi connectivity index (χ3v) is 3.73. The van der Waals surface area contributed by atoms with Crippen molar-refractivity contribution in [3.63, 3.8) is 0 Å². The number of nitrogens with zero attached hydrogens (tertiary/aromatic N) is 3. The first-order valence-electron chi connectivity index (χ1n) is 7.47. The normalized spacial score (nSPS) is 10.7. The maximum absolute atomic E-state index is 12.3. The zero-order valence-corrected chi connectivity index (χ0v) is 15.1. The first-order valence-corrected chi connectivity index (χ1v) is 8.88. The van der Waals surface area contributed by atoms with Gasteiger partial charge in [-0.15, -0.1) is 0 Å². The van der Waals surface area contributed by atoms with Crippen LogP contribution in [0.3, 0.4) is 0 Å². The average molecular weight is 396 g/mol. The molecule has 0 aliphatic rings. The maximum atomic E-state index is 12.3. The Bertz CT molecular complexity index is 964. The van der Waals surface area contributed by atoms with Crippen molar-refractivity contribution in [2.24, 2.45) is 5.73 Å². The number of urea groups is 1. The molecule has 0 radical (unpaired) electrons. The lowest BCUT2D eigenvalue weighted by Crippen LogP contribution is -2.37. The predicted octanol–water partition coefficient (Wildman–Crippen LogP) is 0.0489. The molecule has 2 aromatic rings. The van der Waals surface area contributed by atoms with E-state index in [1.807, 2.05) is 0 Å². The van der Waals surface area contributed by atoms with Gasteiger partial charge in [0.15, 0.2) is 5.82 Å². The standard InChI is InChI=1S/C14H16N6O6S/c1-3-25-14-18-10(17-13(16-2)19-14)8-6-4-5-7-9(8)11(21)26-27(23,24)20-12(15)22/h4-7H,3H2,1-2H3,(H3,15,20,22)(H,16,17,18,19). The number of amides is 2. The summed E-state index contributed by atoms with van der Waals surface area (Å²) in [7, 11) is -3.14. The van der Waals surface area contributed by atoms with E-state index in [2.05, 4.69) is 24.5 Å². The third-order valence-electron chi connectivity index (χ3n) is 2.91. The van der Waals surface area contributed by atoms with Gasteiger partial charge in [0.2, 0.25) is 5.95 Å². The molecule has 1 heterocycles. The number of carbonyl (C=O) groups excluding carboxylic acids is 2. The Labute approximate surface area is 154 Å². The molecule has 0 unspecified atom stereocenters. The number of hydrogen-bond acceptors (Lipinski definition) is 10. The van der Waals surface area contributed by atoms with Crippen molar-refractivity contribution in [1.29, 1.82) is 0 Å². The largest absolute Gasteiger partial charge is 0.464 e. The van der Waals surface area contributed by atoms with Crippen LogP contribution in [0.4, 0.5) is 10.7 Å². The Kier molecular flexibility index (Phi) is 6.07. The van der Waals surface area contributed by atoms with Gasteiger partial charge in [0, 0.05) is 12.6 Å². The second kappa shape index (κ2) is 8.27. The molecule has 12 nitrogen and oxygen atoms in total. The van der Waals surface area contributed by atoms with E-state index in [4.69, 9.17) is 10.5 Å². The number of primary amides is 1. The summed E-state index contributed by atoms with van der Waals surface area (Å²) in [6, 6.07) is 4.48. The molecule has 0 saturated carbocycles. The van der Waals surface area contributed by atoms with Crippen LogP contribution in [0.5, 0.6) is 6.01 Å². The number of carbonyl (C=O) groups is 2. The zero-order chi connectivity index (χ0) is 20.0. The minimum atomic E-state index is -4.72. The lowest BCUT2D eigenvalue weighted by molar-refractivity contribution is 0.0746. The molecule has 144 valence electrons. The van der Waals surface area contributed by atoms with Crippen molar-refractivity contribution in [3.8, 4) is 17.4 Å². The van der Waals surface area contributed by atoms with Gasteiger partial charge in [0.1, 0.15) is 0 Å². The van der Waals surface area contributed by atoms with Gasteiger partial charge < -0.3 is 20.0 Å². The molecule has 0 aliphatic heterocycles. The van der Waals surface area contributed by atoms with Gasteiger partial charge in [-0.25, -0.2) is 14.3 Å². The molecule has 0 fully saturated rings. The van der Waals surface area contributed by atoms with E-state index < -0.39 is 22.3 Å². The van der Waals surface area contributed by atoms with Crippen LogP contribution in [0.25, 0.3) is 11.4 Å². The number of ether oxygens (including phenoxy) is 1. The summed E-state index contributed by atoms with van der Waals surface area (Å²) in [6.07, 6.45) is 0. The van der Waals surface area contributed by atoms with Crippen LogP contribution in [-0.4, -0.2) is 49.0 Å². The molecule has 1 aromatic carbocycles. The molecular weight excluding hydrogens is 380 g/mol. The topological polar surface area (TPSA) is 175 Å². The molecule has 0 saturated heterocycles. The van der Waals surface area contributed by atoms with E-state index in [9.17, 15) is 18.0 Å². The van der Waals surface area contributed by atoms with Crippen LogP contribution in [0.2, 0.25) is 0 Å².